The third-order valence-electron chi connectivity index (χ3n) is 5.23. The summed E-state index contributed by atoms with van der Waals surface area (Å²) in [5.41, 5.74) is 6.64. The smallest absolute Gasteiger partial charge is 0.283 e. The van der Waals surface area contributed by atoms with E-state index < -0.39 is 17.5 Å². The van der Waals surface area contributed by atoms with Crippen LogP contribution in [0.4, 0.5) is 4.39 Å². The standard InChI is InChI=1S/C20H21ClFN3O3/c1-2-13(26)4-14-7-20(10-27-19(23)25-20)16-5-15(17(22)6-18(16)28-14)11-3-12(21)9-24-8-11/h3,5-6,8-9,13-14,26H,2,4,7,10H2,1H3,(H2,23,25). The van der Waals surface area contributed by atoms with Gasteiger partial charge in [0.15, 0.2) is 0 Å². The zero-order valence-electron chi connectivity index (χ0n) is 15.4. The molecule has 0 saturated carbocycles. The van der Waals surface area contributed by atoms with Crippen molar-refractivity contribution in [3.63, 3.8) is 0 Å². The highest BCUT2D eigenvalue weighted by Crippen LogP contribution is 2.47. The molecule has 3 heterocycles. The Morgan fingerprint density at radius 1 is 1.39 bits per heavy atom. The molecule has 2 aliphatic heterocycles. The summed E-state index contributed by atoms with van der Waals surface area (Å²) in [4.78, 5) is 8.57. The monoisotopic (exact) mass is 405 g/mol. The maximum absolute atomic E-state index is 14.9. The van der Waals surface area contributed by atoms with Gasteiger partial charge in [0.1, 0.15) is 29.8 Å². The molecule has 2 aromatic rings. The Labute approximate surface area is 167 Å². The second-order valence-electron chi connectivity index (χ2n) is 7.23. The van der Waals surface area contributed by atoms with Crippen molar-refractivity contribution in [2.75, 3.05) is 6.61 Å². The fourth-order valence-electron chi connectivity index (χ4n) is 3.82. The molecule has 3 atom stereocenters. The molecule has 2 aliphatic rings. The Morgan fingerprint density at radius 3 is 2.89 bits per heavy atom. The Kier molecular flexibility index (Phi) is 4.89. The van der Waals surface area contributed by atoms with E-state index in [-0.39, 0.29) is 18.7 Å². The first-order valence-corrected chi connectivity index (χ1v) is 9.56. The van der Waals surface area contributed by atoms with Crippen molar-refractivity contribution in [3.05, 3.63) is 47.0 Å². The first-order valence-electron chi connectivity index (χ1n) is 9.18. The fourth-order valence-corrected chi connectivity index (χ4v) is 3.99. The van der Waals surface area contributed by atoms with Crippen LogP contribution in [0.15, 0.2) is 35.6 Å². The van der Waals surface area contributed by atoms with Crippen LogP contribution in [0.1, 0.15) is 31.7 Å². The number of rotatable bonds is 4. The Balaban J connectivity index is 1.81. The molecule has 0 aliphatic carbocycles. The molecular formula is C20H21ClFN3O3. The van der Waals surface area contributed by atoms with Gasteiger partial charge in [-0.3, -0.25) is 4.98 Å². The number of aliphatic hydroxyl groups excluding tert-OH is 1. The Morgan fingerprint density at radius 2 is 2.21 bits per heavy atom. The van der Waals surface area contributed by atoms with E-state index in [2.05, 4.69) is 9.98 Å². The quantitative estimate of drug-likeness (QED) is 0.813. The zero-order valence-corrected chi connectivity index (χ0v) is 16.1. The Hall–Kier alpha value is -2.38. The predicted octanol–water partition coefficient (Wildman–Crippen LogP) is 3.39. The van der Waals surface area contributed by atoms with Crippen LogP contribution in [0.3, 0.4) is 0 Å². The van der Waals surface area contributed by atoms with Gasteiger partial charge in [0.2, 0.25) is 0 Å². The number of hydrogen-bond acceptors (Lipinski definition) is 6. The molecule has 148 valence electrons. The number of hydrogen-bond donors (Lipinski definition) is 2. The number of ether oxygens (including phenoxy) is 2. The lowest BCUT2D eigenvalue weighted by atomic mass is 9.80. The van der Waals surface area contributed by atoms with Gasteiger partial charge in [-0.25, -0.2) is 9.38 Å². The van der Waals surface area contributed by atoms with Crippen molar-refractivity contribution in [3.8, 4) is 16.9 Å². The highest BCUT2D eigenvalue weighted by atomic mass is 35.5. The van der Waals surface area contributed by atoms with Gasteiger partial charge in [0.25, 0.3) is 6.02 Å². The number of benzene rings is 1. The topological polar surface area (TPSA) is 90.0 Å². The molecule has 1 aromatic carbocycles. The fraction of sp³-hybridized carbons (Fsp3) is 0.400. The maximum atomic E-state index is 14.9. The first-order chi connectivity index (χ1) is 13.4. The van der Waals surface area contributed by atoms with E-state index in [0.29, 0.717) is 46.7 Å². The van der Waals surface area contributed by atoms with Crippen molar-refractivity contribution in [2.24, 2.45) is 10.7 Å². The average molecular weight is 406 g/mol. The SMILES string of the molecule is CCC(O)CC1CC2(COC(N)=N2)c2cc(-c3cncc(Cl)c3)c(F)cc2O1. The molecular weight excluding hydrogens is 385 g/mol. The average Bonchev–Trinajstić information content (AvgIpc) is 3.02. The van der Waals surface area contributed by atoms with Crippen LogP contribution in [0.5, 0.6) is 5.75 Å². The first kappa shape index (κ1) is 19.0. The summed E-state index contributed by atoms with van der Waals surface area (Å²) in [7, 11) is 0. The molecule has 3 N–H and O–H groups in total. The molecule has 28 heavy (non-hydrogen) atoms. The van der Waals surface area contributed by atoms with Gasteiger partial charge in [0.05, 0.1) is 11.1 Å². The van der Waals surface area contributed by atoms with Crippen molar-refractivity contribution in [1.82, 2.24) is 4.98 Å². The largest absolute Gasteiger partial charge is 0.490 e. The van der Waals surface area contributed by atoms with Gasteiger partial charge in [-0.15, -0.1) is 0 Å². The highest BCUT2D eigenvalue weighted by Gasteiger charge is 2.46. The van der Waals surface area contributed by atoms with E-state index in [9.17, 15) is 9.50 Å². The van der Waals surface area contributed by atoms with E-state index >= 15 is 0 Å². The molecule has 3 unspecified atom stereocenters. The lowest BCUT2D eigenvalue weighted by molar-refractivity contribution is 0.0523. The molecule has 0 amide bonds. The minimum atomic E-state index is -0.774. The number of halogens is 2. The number of aliphatic imine (C=N–C) groups is 1. The number of pyridine rings is 1. The normalized spacial score (nSPS) is 24.3. The number of amidine groups is 1. The summed E-state index contributed by atoms with van der Waals surface area (Å²) in [6, 6.07) is 4.80. The van der Waals surface area contributed by atoms with E-state index in [1.54, 1.807) is 18.3 Å². The van der Waals surface area contributed by atoms with Gasteiger partial charge in [-0.05, 0) is 18.6 Å². The summed E-state index contributed by atoms with van der Waals surface area (Å²) in [6.45, 7) is 2.14. The van der Waals surface area contributed by atoms with E-state index in [1.165, 1.54) is 12.3 Å². The second kappa shape index (κ2) is 7.22. The number of aromatic nitrogens is 1. The molecule has 8 heteroatoms. The molecule has 0 radical (unpaired) electrons. The van der Waals surface area contributed by atoms with Crippen LogP contribution < -0.4 is 10.5 Å². The summed E-state index contributed by atoms with van der Waals surface area (Å²) in [5.74, 6) is -0.0663. The van der Waals surface area contributed by atoms with E-state index in [1.807, 2.05) is 6.92 Å². The molecule has 0 fully saturated rings. The number of fused-ring (bicyclic) bond motifs is 2. The van der Waals surface area contributed by atoms with E-state index in [4.69, 9.17) is 26.8 Å². The van der Waals surface area contributed by atoms with Crippen molar-refractivity contribution in [1.29, 1.82) is 0 Å². The lowest BCUT2D eigenvalue weighted by Crippen LogP contribution is -2.40. The van der Waals surface area contributed by atoms with E-state index in [0.717, 1.165) is 0 Å². The maximum Gasteiger partial charge on any atom is 0.283 e. The van der Waals surface area contributed by atoms with Crippen molar-refractivity contribution in [2.45, 2.75) is 43.9 Å². The second-order valence-corrected chi connectivity index (χ2v) is 7.67. The van der Waals surface area contributed by atoms with Gasteiger partial charge >= 0.3 is 0 Å². The molecule has 0 bridgehead atoms. The van der Waals surface area contributed by atoms with Crippen LogP contribution in [0.25, 0.3) is 11.1 Å². The summed E-state index contributed by atoms with van der Waals surface area (Å²) in [6.07, 6.45) is 3.73. The van der Waals surface area contributed by atoms with Crippen LogP contribution in [0.2, 0.25) is 5.02 Å². The van der Waals surface area contributed by atoms with Gasteiger partial charge in [0, 0.05) is 48.0 Å². The minimum Gasteiger partial charge on any atom is -0.490 e. The number of nitrogens with zero attached hydrogens (tertiary/aromatic N) is 2. The van der Waals surface area contributed by atoms with Crippen LogP contribution in [-0.2, 0) is 10.3 Å². The minimum absolute atomic E-state index is 0.0953. The van der Waals surface area contributed by atoms with Gasteiger partial charge in [-0.1, -0.05) is 18.5 Å². The molecule has 1 aromatic heterocycles. The lowest BCUT2D eigenvalue weighted by Gasteiger charge is -2.37. The van der Waals surface area contributed by atoms with Crippen LogP contribution in [-0.4, -0.2) is 34.9 Å². The molecule has 1 spiro atoms. The van der Waals surface area contributed by atoms with Gasteiger partial charge < -0.3 is 20.3 Å². The van der Waals surface area contributed by atoms with Gasteiger partial charge in [-0.2, -0.15) is 0 Å². The molecule has 0 saturated heterocycles. The Bertz CT molecular complexity index is 939. The van der Waals surface area contributed by atoms with Crippen LogP contribution in [0, 0.1) is 5.82 Å². The van der Waals surface area contributed by atoms with Crippen molar-refractivity contribution < 1.29 is 19.0 Å². The third kappa shape index (κ3) is 3.40. The molecule has 4 rings (SSSR count). The third-order valence-corrected chi connectivity index (χ3v) is 5.44. The van der Waals surface area contributed by atoms with Crippen LogP contribution >= 0.6 is 11.6 Å². The highest BCUT2D eigenvalue weighted by molar-refractivity contribution is 6.30. The number of nitrogens with two attached hydrogens (primary N) is 1. The summed E-state index contributed by atoms with van der Waals surface area (Å²) in [5, 5.41) is 10.5. The number of aliphatic hydroxyl groups is 1. The van der Waals surface area contributed by atoms with Crippen molar-refractivity contribution >= 4 is 17.6 Å². The molecule has 6 nitrogen and oxygen atoms in total. The summed E-state index contributed by atoms with van der Waals surface area (Å²) >= 11 is 6.02. The summed E-state index contributed by atoms with van der Waals surface area (Å²) < 4.78 is 26.4. The zero-order chi connectivity index (χ0) is 19.9. The predicted molar refractivity (Wildman–Crippen MR) is 104 cm³/mol.